The molecule has 0 bridgehead atoms. The molecule has 0 aliphatic rings. The minimum Gasteiger partial charge on any atom is -0.314 e. The molecule has 0 saturated carbocycles. The van der Waals surface area contributed by atoms with Crippen molar-refractivity contribution in [2.45, 2.75) is 13.1 Å². The fraction of sp³-hybridized carbons (Fsp3) is 0.250. The fourth-order valence-corrected chi connectivity index (χ4v) is 1.80. The minimum atomic E-state index is 0.754. The number of aromatic nitrogens is 2. The van der Waals surface area contributed by atoms with Crippen LogP contribution in [0.5, 0.6) is 0 Å². The normalized spacial score (nSPS) is 10.6. The third-order valence-electron chi connectivity index (χ3n) is 2.29. The summed E-state index contributed by atoms with van der Waals surface area (Å²) in [5.41, 5.74) is 2.20. The molecule has 1 heterocycles. The summed E-state index contributed by atoms with van der Waals surface area (Å²) in [6.07, 6.45) is 1.98. The molecular weight excluding hydrogens is 222 g/mol. The quantitative estimate of drug-likeness (QED) is 0.882. The first-order valence-electron chi connectivity index (χ1n) is 5.19. The van der Waals surface area contributed by atoms with Gasteiger partial charge in [0.25, 0.3) is 0 Å². The molecular formula is C12H14ClN3. The van der Waals surface area contributed by atoms with Crippen molar-refractivity contribution in [2.75, 3.05) is 7.05 Å². The maximum atomic E-state index is 5.93. The van der Waals surface area contributed by atoms with Gasteiger partial charge in [0.05, 0.1) is 12.2 Å². The zero-order valence-electron chi connectivity index (χ0n) is 9.15. The molecule has 1 N–H and O–H groups in total. The van der Waals surface area contributed by atoms with Crippen LogP contribution in [0.1, 0.15) is 11.3 Å². The van der Waals surface area contributed by atoms with E-state index in [1.54, 1.807) is 0 Å². The molecule has 0 aliphatic carbocycles. The van der Waals surface area contributed by atoms with Gasteiger partial charge in [-0.25, -0.2) is 0 Å². The van der Waals surface area contributed by atoms with Gasteiger partial charge in [-0.2, -0.15) is 5.10 Å². The van der Waals surface area contributed by atoms with Gasteiger partial charge in [0.15, 0.2) is 0 Å². The van der Waals surface area contributed by atoms with E-state index in [0.717, 1.165) is 29.4 Å². The summed E-state index contributed by atoms with van der Waals surface area (Å²) in [5, 5.41) is 8.27. The lowest BCUT2D eigenvalue weighted by molar-refractivity contribution is 0.659. The van der Waals surface area contributed by atoms with E-state index in [1.165, 1.54) is 0 Å². The molecule has 0 aliphatic heterocycles. The molecule has 3 nitrogen and oxygen atoms in total. The van der Waals surface area contributed by atoms with Gasteiger partial charge in [-0.05, 0) is 30.8 Å². The molecule has 0 saturated heterocycles. The van der Waals surface area contributed by atoms with Crippen molar-refractivity contribution >= 4 is 11.6 Å². The van der Waals surface area contributed by atoms with Crippen molar-refractivity contribution in [3.8, 4) is 0 Å². The molecule has 1 aromatic heterocycles. The van der Waals surface area contributed by atoms with E-state index in [2.05, 4.69) is 10.4 Å². The first-order chi connectivity index (χ1) is 7.78. The van der Waals surface area contributed by atoms with Crippen LogP contribution in [0, 0.1) is 0 Å². The number of hydrogen-bond donors (Lipinski definition) is 1. The number of halogens is 1. The molecule has 2 rings (SSSR count). The zero-order valence-corrected chi connectivity index (χ0v) is 9.91. The Bertz CT molecular complexity index is 465. The van der Waals surface area contributed by atoms with Gasteiger partial charge >= 0.3 is 0 Å². The molecule has 0 unspecified atom stereocenters. The molecule has 0 spiro atoms. The summed E-state index contributed by atoms with van der Waals surface area (Å²) < 4.78 is 1.92. The van der Waals surface area contributed by atoms with Crippen molar-refractivity contribution in [3.63, 3.8) is 0 Å². The van der Waals surface area contributed by atoms with Crippen LogP contribution >= 0.6 is 11.6 Å². The summed E-state index contributed by atoms with van der Waals surface area (Å²) in [6, 6.07) is 9.85. The largest absolute Gasteiger partial charge is 0.314 e. The molecule has 0 radical (unpaired) electrons. The monoisotopic (exact) mass is 235 g/mol. The summed E-state index contributed by atoms with van der Waals surface area (Å²) in [5.74, 6) is 0. The van der Waals surface area contributed by atoms with Crippen LogP contribution in [-0.2, 0) is 13.1 Å². The SMILES string of the molecule is CNCc1ccn(Cc2cccc(Cl)c2)n1. The van der Waals surface area contributed by atoms with E-state index in [4.69, 9.17) is 11.6 Å². The van der Waals surface area contributed by atoms with Gasteiger partial charge < -0.3 is 5.32 Å². The van der Waals surface area contributed by atoms with Crippen LogP contribution in [0.25, 0.3) is 0 Å². The van der Waals surface area contributed by atoms with Crippen molar-refractivity contribution in [1.29, 1.82) is 0 Å². The van der Waals surface area contributed by atoms with Crippen molar-refractivity contribution in [3.05, 3.63) is 52.8 Å². The number of nitrogens with zero attached hydrogens (tertiary/aromatic N) is 2. The number of rotatable bonds is 4. The van der Waals surface area contributed by atoms with Gasteiger partial charge in [0.1, 0.15) is 0 Å². The maximum absolute atomic E-state index is 5.93. The molecule has 84 valence electrons. The van der Waals surface area contributed by atoms with E-state index in [9.17, 15) is 0 Å². The molecule has 4 heteroatoms. The summed E-state index contributed by atoms with van der Waals surface area (Å²) in [4.78, 5) is 0. The number of benzene rings is 1. The van der Waals surface area contributed by atoms with Crippen LogP contribution < -0.4 is 5.32 Å². The van der Waals surface area contributed by atoms with Crippen LogP contribution in [0.2, 0.25) is 5.02 Å². The van der Waals surface area contributed by atoms with Crippen LogP contribution in [0.15, 0.2) is 36.5 Å². The average molecular weight is 236 g/mol. The second kappa shape index (κ2) is 5.14. The Kier molecular flexibility index (Phi) is 3.59. The second-order valence-electron chi connectivity index (χ2n) is 3.66. The van der Waals surface area contributed by atoms with Gasteiger partial charge in [0, 0.05) is 17.8 Å². The number of hydrogen-bond acceptors (Lipinski definition) is 2. The second-order valence-corrected chi connectivity index (χ2v) is 4.10. The summed E-state index contributed by atoms with van der Waals surface area (Å²) in [7, 11) is 1.91. The van der Waals surface area contributed by atoms with Crippen LogP contribution in [-0.4, -0.2) is 16.8 Å². The van der Waals surface area contributed by atoms with Gasteiger partial charge in [-0.1, -0.05) is 23.7 Å². The van der Waals surface area contributed by atoms with E-state index in [0.29, 0.717) is 0 Å². The van der Waals surface area contributed by atoms with Crippen LogP contribution in [0.4, 0.5) is 0 Å². The predicted octanol–water partition coefficient (Wildman–Crippen LogP) is 2.30. The van der Waals surface area contributed by atoms with E-state index >= 15 is 0 Å². The topological polar surface area (TPSA) is 29.9 Å². The molecule has 2 aromatic rings. The minimum absolute atomic E-state index is 0.754. The van der Waals surface area contributed by atoms with Crippen molar-refractivity contribution in [1.82, 2.24) is 15.1 Å². The first-order valence-corrected chi connectivity index (χ1v) is 5.57. The Morgan fingerprint density at radius 2 is 2.25 bits per heavy atom. The Hall–Kier alpha value is -1.32. The summed E-state index contributed by atoms with van der Waals surface area (Å²) >= 11 is 5.93. The van der Waals surface area contributed by atoms with Crippen molar-refractivity contribution in [2.24, 2.45) is 0 Å². The first kappa shape index (κ1) is 11.2. The predicted molar refractivity (Wildman–Crippen MR) is 65.5 cm³/mol. The summed E-state index contributed by atoms with van der Waals surface area (Å²) in [6.45, 7) is 1.55. The maximum Gasteiger partial charge on any atom is 0.0762 e. The highest BCUT2D eigenvalue weighted by molar-refractivity contribution is 6.30. The third-order valence-corrected chi connectivity index (χ3v) is 2.52. The highest BCUT2D eigenvalue weighted by atomic mass is 35.5. The molecule has 16 heavy (non-hydrogen) atoms. The average Bonchev–Trinajstić information content (AvgIpc) is 2.66. The lowest BCUT2D eigenvalue weighted by Crippen LogP contribution is -2.07. The standard InChI is InChI=1S/C12H14ClN3/c1-14-8-12-5-6-16(15-12)9-10-3-2-4-11(13)7-10/h2-7,14H,8-9H2,1H3. The van der Waals surface area contributed by atoms with Gasteiger partial charge in [-0.15, -0.1) is 0 Å². The van der Waals surface area contributed by atoms with Crippen molar-refractivity contribution < 1.29 is 0 Å². The van der Waals surface area contributed by atoms with Gasteiger partial charge in [-0.3, -0.25) is 4.68 Å². The lowest BCUT2D eigenvalue weighted by atomic mass is 10.2. The van der Waals surface area contributed by atoms with Gasteiger partial charge in [0.2, 0.25) is 0 Å². The third kappa shape index (κ3) is 2.84. The zero-order chi connectivity index (χ0) is 11.4. The molecule has 0 fully saturated rings. The van der Waals surface area contributed by atoms with Crippen LogP contribution in [0.3, 0.4) is 0 Å². The lowest BCUT2D eigenvalue weighted by Gasteiger charge is -2.02. The Balaban J connectivity index is 2.08. The number of nitrogens with one attached hydrogen (secondary N) is 1. The molecule has 0 atom stereocenters. The Labute approximate surface area is 100 Å². The smallest absolute Gasteiger partial charge is 0.0762 e. The molecule has 1 aromatic carbocycles. The molecule has 0 amide bonds. The van der Waals surface area contributed by atoms with E-state index in [1.807, 2.05) is 48.3 Å². The highest BCUT2D eigenvalue weighted by Crippen LogP contribution is 2.11. The Morgan fingerprint density at radius 3 is 3.00 bits per heavy atom. The Morgan fingerprint density at radius 1 is 1.38 bits per heavy atom. The van der Waals surface area contributed by atoms with E-state index < -0.39 is 0 Å². The van der Waals surface area contributed by atoms with E-state index in [-0.39, 0.29) is 0 Å². The fourth-order valence-electron chi connectivity index (χ4n) is 1.59. The highest BCUT2D eigenvalue weighted by Gasteiger charge is 1.99.